The Bertz CT molecular complexity index is 545. The first kappa shape index (κ1) is 16.7. The number of nitrogens with zero attached hydrogens (tertiary/aromatic N) is 1. The zero-order valence-corrected chi connectivity index (χ0v) is 13.6. The zero-order chi connectivity index (χ0) is 16.1. The highest BCUT2D eigenvalue weighted by Crippen LogP contribution is 2.29. The number of amides is 1. The number of carboxylic acids is 1. The Balaban J connectivity index is 1.92. The molecular weight excluding hydrogens is 302 g/mol. The maximum Gasteiger partial charge on any atom is 0.308 e. The summed E-state index contributed by atoms with van der Waals surface area (Å²) in [5.74, 6) is -0.319. The third kappa shape index (κ3) is 4.66. The van der Waals surface area contributed by atoms with Crippen molar-refractivity contribution in [3.05, 3.63) is 24.3 Å². The van der Waals surface area contributed by atoms with Gasteiger partial charge in [-0.25, -0.2) is 0 Å². The second-order valence-corrected chi connectivity index (χ2v) is 6.53. The number of carboxylic acid groups (broad SMARTS) is 1. The summed E-state index contributed by atoms with van der Waals surface area (Å²) >= 11 is 1.45. The first-order chi connectivity index (χ1) is 10.5. The van der Waals surface area contributed by atoms with E-state index in [1.54, 1.807) is 18.9 Å². The predicted molar refractivity (Wildman–Crippen MR) is 85.3 cm³/mol. The number of thioether (sulfide) groups is 1. The molecule has 1 aromatic rings. The van der Waals surface area contributed by atoms with E-state index in [-0.39, 0.29) is 18.5 Å². The summed E-state index contributed by atoms with van der Waals surface area (Å²) in [6.07, 6.45) is 1.95. The monoisotopic (exact) mass is 323 g/mol. The number of methoxy groups -OCH3 is 1. The van der Waals surface area contributed by atoms with Crippen LogP contribution in [0.3, 0.4) is 0 Å². The fourth-order valence-corrected chi connectivity index (χ4v) is 2.96. The van der Waals surface area contributed by atoms with Crippen LogP contribution in [-0.2, 0) is 9.59 Å². The lowest BCUT2D eigenvalue weighted by Gasteiger charge is -2.24. The number of ether oxygens (including phenoxy) is 1. The van der Waals surface area contributed by atoms with Crippen LogP contribution in [0.2, 0.25) is 0 Å². The number of carbonyl (C=O) groups is 2. The third-order valence-electron chi connectivity index (χ3n) is 3.60. The summed E-state index contributed by atoms with van der Waals surface area (Å²) in [5.41, 5.74) is 0. The topological polar surface area (TPSA) is 66.8 Å². The van der Waals surface area contributed by atoms with Crippen molar-refractivity contribution in [2.24, 2.45) is 5.92 Å². The van der Waals surface area contributed by atoms with Crippen LogP contribution >= 0.6 is 11.8 Å². The van der Waals surface area contributed by atoms with Gasteiger partial charge in [0.25, 0.3) is 0 Å². The second kappa shape index (κ2) is 7.54. The minimum atomic E-state index is -0.862. The number of aliphatic carboxylic acids is 1. The lowest BCUT2D eigenvalue weighted by atomic mass is 10.1. The summed E-state index contributed by atoms with van der Waals surface area (Å²) in [6, 6.07) is 7.79. The van der Waals surface area contributed by atoms with Gasteiger partial charge >= 0.3 is 5.97 Å². The summed E-state index contributed by atoms with van der Waals surface area (Å²) in [5, 5.41) is 9.02. The van der Waals surface area contributed by atoms with Crippen LogP contribution in [0.5, 0.6) is 5.75 Å². The minimum Gasteiger partial charge on any atom is -0.497 e. The third-order valence-corrected chi connectivity index (χ3v) is 4.58. The van der Waals surface area contributed by atoms with Gasteiger partial charge in [-0.3, -0.25) is 9.59 Å². The average molecular weight is 323 g/mol. The van der Waals surface area contributed by atoms with Crippen LogP contribution in [0.1, 0.15) is 19.8 Å². The Morgan fingerprint density at radius 1 is 1.45 bits per heavy atom. The molecule has 0 aliphatic heterocycles. The molecule has 1 unspecified atom stereocenters. The van der Waals surface area contributed by atoms with Crippen molar-refractivity contribution in [1.82, 2.24) is 4.90 Å². The van der Waals surface area contributed by atoms with Crippen molar-refractivity contribution in [2.45, 2.75) is 30.7 Å². The highest BCUT2D eigenvalue weighted by atomic mass is 32.2. The van der Waals surface area contributed by atoms with Crippen LogP contribution < -0.4 is 4.74 Å². The molecule has 0 aromatic heterocycles. The van der Waals surface area contributed by atoms with Gasteiger partial charge in [0.05, 0.1) is 18.8 Å². The maximum absolute atomic E-state index is 12.4. The molecule has 0 saturated heterocycles. The van der Waals surface area contributed by atoms with Gasteiger partial charge in [0.1, 0.15) is 5.75 Å². The fraction of sp³-hybridized carbons (Fsp3) is 0.500. The molecule has 1 aliphatic rings. The minimum absolute atomic E-state index is 0.00317. The normalized spacial score (nSPS) is 15.2. The largest absolute Gasteiger partial charge is 0.497 e. The summed E-state index contributed by atoms with van der Waals surface area (Å²) < 4.78 is 5.16. The molecule has 1 aromatic carbocycles. The van der Waals surface area contributed by atoms with Crippen LogP contribution in [0.15, 0.2) is 29.2 Å². The van der Waals surface area contributed by atoms with Gasteiger partial charge < -0.3 is 14.7 Å². The average Bonchev–Trinajstić information content (AvgIpc) is 3.34. The van der Waals surface area contributed by atoms with E-state index < -0.39 is 11.9 Å². The molecule has 5 nitrogen and oxygen atoms in total. The van der Waals surface area contributed by atoms with Crippen molar-refractivity contribution in [1.29, 1.82) is 0 Å². The summed E-state index contributed by atoms with van der Waals surface area (Å²) in [4.78, 5) is 26.1. The summed E-state index contributed by atoms with van der Waals surface area (Å²) in [6.45, 7) is 1.93. The highest BCUT2D eigenvalue weighted by molar-refractivity contribution is 8.00. The van der Waals surface area contributed by atoms with Crippen molar-refractivity contribution in [3.63, 3.8) is 0 Å². The van der Waals surface area contributed by atoms with E-state index in [0.717, 1.165) is 23.5 Å². The van der Waals surface area contributed by atoms with Gasteiger partial charge in [-0.15, -0.1) is 11.8 Å². The predicted octanol–water partition coefficient (Wildman–Crippen LogP) is 2.50. The van der Waals surface area contributed by atoms with Crippen molar-refractivity contribution in [2.75, 3.05) is 19.4 Å². The zero-order valence-electron chi connectivity index (χ0n) is 12.8. The van der Waals surface area contributed by atoms with Gasteiger partial charge in [-0.05, 0) is 31.0 Å². The molecule has 1 amide bonds. The molecule has 1 aliphatic carbocycles. The molecule has 0 heterocycles. The molecule has 0 radical (unpaired) electrons. The van der Waals surface area contributed by atoms with Crippen LogP contribution in [0.25, 0.3) is 0 Å². The molecule has 1 N–H and O–H groups in total. The highest BCUT2D eigenvalue weighted by Gasteiger charge is 2.34. The molecule has 2 rings (SSSR count). The van der Waals surface area contributed by atoms with Gasteiger partial charge in [-0.1, -0.05) is 13.0 Å². The Kier molecular flexibility index (Phi) is 5.71. The van der Waals surface area contributed by atoms with Crippen molar-refractivity contribution >= 4 is 23.6 Å². The molecular formula is C16H21NO4S. The molecule has 22 heavy (non-hydrogen) atoms. The van der Waals surface area contributed by atoms with E-state index in [0.29, 0.717) is 5.75 Å². The molecule has 0 spiro atoms. The Morgan fingerprint density at radius 2 is 2.18 bits per heavy atom. The van der Waals surface area contributed by atoms with Gasteiger partial charge in [0.2, 0.25) is 5.91 Å². The fourth-order valence-electron chi connectivity index (χ4n) is 2.13. The lowest BCUT2D eigenvalue weighted by Crippen LogP contribution is -2.39. The first-order valence-electron chi connectivity index (χ1n) is 7.30. The second-order valence-electron chi connectivity index (χ2n) is 5.48. The molecule has 1 saturated carbocycles. The first-order valence-corrected chi connectivity index (χ1v) is 8.29. The number of carbonyl (C=O) groups excluding carboxylic acids is 1. The van der Waals surface area contributed by atoms with E-state index in [4.69, 9.17) is 9.84 Å². The lowest BCUT2D eigenvalue weighted by molar-refractivity contribution is -0.142. The number of hydrogen-bond acceptors (Lipinski definition) is 4. The molecule has 120 valence electrons. The maximum atomic E-state index is 12.4. The van der Waals surface area contributed by atoms with E-state index in [1.807, 2.05) is 24.3 Å². The number of rotatable bonds is 8. The molecule has 1 fully saturated rings. The van der Waals surface area contributed by atoms with E-state index in [2.05, 4.69) is 0 Å². The Morgan fingerprint density at radius 3 is 2.77 bits per heavy atom. The van der Waals surface area contributed by atoms with Crippen LogP contribution in [0.4, 0.5) is 0 Å². The summed E-state index contributed by atoms with van der Waals surface area (Å²) in [7, 11) is 1.61. The van der Waals surface area contributed by atoms with Gasteiger partial charge in [-0.2, -0.15) is 0 Å². The SMILES string of the molecule is COc1cccc(SCC(=O)N(CC(C)C(=O)O)C2CC2)c1. The van der Waals surface area contributed by atoms with E-state index >= 15 is 0 Å². The van der Waals surface area contributed by atoms with Crippen LogP contribution in [-0.4, -0.2) is 47.3 Å². The Hall–Kier alpha value is -1.69. The van der Waals surface area contributed by atoms with Crippen LogP contribution in [0, 0.1) is 5.92 Å². The van der Waals surface area contributed by atoms with Gasteiger partial charge in [0.15, 0.2) is 0 Å². The van der Waals surface area contributed by atoms with Gasteiger partial charge in [0, 0.05) is 17.5 Å². The van der Waals surface area contributed by atoms with E-state index in [9.17, 15) is 9.59 Å². The molecule has 1 atom stereocenters. The number of benzene rings is 1. The van der Waals surface area contributed by atoms with Crippen molar-refractivity contribution in [3.8, 4) is 5.75 Å². The van der Waals surface area contributed by atoms with Crippen molar-refractivity contribution < 1.29 is 19.4 Å². The quantitative estimate of drug-likeness (QED) is 0.745. The number of hydrogen-bond donors (Lipinski definition) is 1. The smallest absolute Gasteiger partial charge is 0.308 e. The Labute approximate surface area is 134 Å². The molecule has 6 heteroatoms. The standard InChI is InChI=1S/C16H21NO4S/c1-11(16(19)20)9-17(12-6-7-12)15(18)10-22-14-5-3-4-13(8-14)21-2/h3-5,8,11-12H,6-7,9-10H2,1-2H3,(H,19,20). The molecule has 0 bridgehead atoms. The van der Waals surface area contributed by atoms with E-state index in [1.165, 1.54) is 11.8 Å².